The predicted molar refractivity (Wildman–Crippen MR) is 110 cm³/mol. The van der Waals surface area contributed by atoms with E-state index in [0.717, 1.165) is 23.2 Å². The Kier molecular flexibility index (Phi) is 6.60. The van der Waals surface area contributed by atoms with Gasteiger partial charge < -0.3 is 15.2 Å². The highest BCUT2D eigenvalue weighted by molar-refractivity contribution is 6.35. The van der Waals surface area contributed by atoms with E-state index in [2.05, 4.69) is 27.8 Å². The molecule has 6 nitrogen and oxygen atoms in total. The van der Waals surface area contributed by atoms with Gasteiger partial charge in [0.2, 0.25) is 0 Å². The molecule has 8 heteroatoms. The minimum absolute atomic E-state index is 0.0105. The molecule has 27 heavy (non-hydrogen) atoms. The smallest absolute Gasteiger partial charge is 0.192 e. The molecular weight excluding hydrogens is 383 g/mol. The van der Waals surface area contributed by atoms with E-state index in [1.807, 2.05) is 30.7 Å². The van der Waals surface area contributed by atoms with Gasteiger partial charge in [-0.15, -0.1) is 10.2 Å². The number of halogens is 2. The van der Waals surface area contributed by atoms with Crippen LogP contribution in [0, 0.1) is 6.92 Å². The molecule has 1 aliphatic rings. The normalized spacial score (nSPS) is 16.6. The average Bonchev–Trinajstić information content (AvgIpc) is 3.24. The standard InChI is InChI=1S/C19H26Cl2N6/c1-12(16-9-8-14(20)10-17(16)21)23-19(24-15-6-4-5-7-15)22-11-18-26-25-13(2)27(18)3/h8-10,12,15H,4-7,11H2,1-3H3,(H2,22,23,24). The van der Waals surface area contributed by atoms with Gasteiger partial charge in [0.25, 0.3) is 0 Å². The average molecular weight is 409 g/mol. The lowest BCUT2D eigenvalue weighted by molar-refractivity contribution is 0.592. The van der Waals surface area contributed by atoms with Gasteiger partial charge in [0.1, 0.15) is 12.4 Å². The SMILES string of the molecule is Cc1nnc(CN=C(NC2CCCC2)NC(C)c2ccc(Cl)cc2Cl)n1C. The highest BCUT2D eigenvalue weighted by Gasteiger charge is 2.18. The number of hydrogen-bond acceptors (Lipinski definition) is 3. The van der Waals surface area contributed by atoms with Crippen LogP contribution in [-0.2, 0) is 13.6 Å². The van der Waals surface area contributed by atoms with Crippen LogP contribution in [0.25, 0.3) is 0 Å². The number of aromatic nitrogens is 3. The molecule has 1 aliphatic carbocycles. The van der Waals surface area contributed by atoms with Gasteiger partial charge in [-0.1, -0.05) is 42.1 Å². The minimum atomic E-state index is -0.0105. The Morgan fingerprint density at radius 2 is 2.04 bits per heavy atom. The van der Waals surface area contributed by atoms with Crippen molar-refractivity contribution >= 4 is 29.2 Å². The highest BCUT2D eigenvalue weighted by Crippen LogP contribution is 2.26. The summed E-state index contributed by atoms with van der Waals surface area (Å²) >= 11 is 12.4. The summed E-state index contributed by atoms with van der Waals surface area (Å²) in [6.45, 7) is 4.45. The van der Waals surface area contributed by atoms with Crippen molar-refractivity contribution < 1.29 is 0 Å². The predicted octanol–water partition coefficient (Wildman–Crippen LogP) is 4.17. The summed E-state index contributed by atoms with van der Waals surface area (Å²) in [6.07, 6.45) is 4.84. The van der Waals surface area contributed by atoms with Gasteiger partial charge in [-0.05, 0) is 44.4 Å². The van der Waals surface area contributed by atoms with Crippen LogP contribution in [0.3, 0.4) is 0 Å². The van der Waals surface area contributed by atoms with Crippen molar-refractivity contribution in [3.63, 3.8) is 0 Å². The Bertz CT molecular complexity index is 811. The van der Waals surface area contributed by atoms with Gasteiger partial charge >= 0.3 is 0 Å². The molecule has 0 aliphatic heterocycles. The van der Waals surface area contributed by atoms with E-state index in [1.54, 1.807) is 6.07 Å². The molecule has 0 bridgehead atoms. The number of benzene rings is 1. The van der Waals surface area contributed by atoms with Crippen LogP contribution in [0.1, 0.15) is 55.9 Å². The van der Waals surface area contributed by atoms with Crippen LogP contribution in [-0.4, -0.2) is 26.8 Å². The summed E-state index contributed by atoms with van der Waals surface area (Å²) < 4.78 is 1.95. The molecule has 1 heterocycles. The number of rotatable bonds is 5. The number of aryl methyl sites for hydroxylation is 1. The van der Waals surface area contributed by atoms with Crippen LogP contribution in [0.15, 0.2) is 23.2 Å². The van der Waals surface area contributed by atoms with Gasteiger partial charge in [-0.3, -0.25) is 0 Å². The third kappa shape index (κ3) is 5.14. The Labute approximate surface area is 170 Å². The monoisotopic (exact) mass is 408 g/mol. The van der Waals surface area contributed by atoms with E-state index < -0.39 is 0 Å². The van der Waals surface area contributed by atoms with Gasteiger partial charge in [-0.2, -0.15) is 0 Å². The third-order valence-electron chi connectivity index (χ3n) is 5.04. The second kappa shape index (κ2) is 8.93. The summed E-state index contributed by atoms with van der Waals surface area (Å²) in [5.74, 6) is 2.47. The van der Waals surface area contributed by atoms with E-state index in [9.17, 15) is 0 Å². The minimum Gasteiger partial charge on any atom is -0.354 e. The zero-order valence-electron chi connectivity index (χ0n) is 16.0. The molecule has 146 valence electrons. The second-order valence-electron chi connectivity index (χ2n) is 7.04. The molecule has 1 unspecified atom stereocenters. The van der Waals surface area contributed by atoms with E-state index in [-0.39, 0.29) is 6.04 Å². The largest absolute Gasteiger partial charge is 0.354 e. The molecule has 2 aromatic rings. The first kappa shape index (κ1) is 20.0. The molecule has 2 N–H and O–H groups in total. The fraction of sp³-hybridized carbons (Fsp3) is 0.526. The topological polar surface area (TPSA) is 67.1 Å². The second-order valence-corrected chi connectivity index (χ2v) is 7.89. The maximum absolute atomic E-state index is 6.37. The number of nitrogens with zero attached hydrogens (tertiary/aromatic N) is 4. The lowest BCUT2D eigenvalue weighted by atomic mass is 10.1. The lowest BCUT2D eigenvalue weighted by Gasteiger charge is -2.22. The molecule has 0 saturated heterocycles. The summed E-state index contributed by atoms with van der Waals surface area (Å²) in [5.41, 5.74) is 0.983. The maximum atomic E-state index is 6.37. The lowest BCUT2D eigenvalue weighted by Crippen LogP contribution is -2.43. The Balaban J connectivity index is 1.76. The molecule has 3 rings (SSSR count). The number of guanidine groups is 1. The summed E-state index contributed by atoms with van der Waals surface area (Å²) in [7, 11) is 1.95. The molecule has 0 spiro atoms. The highest BCUT2D eigenvalue weighted by atomic mass is 35.5. The van der Waals surface area contributed by atoms with Crippen LogP contribution >= 0.6 is 23.2 Å². The first-order valence-electron chi connectivity index (χ1n) is 9.31. The summed E-state index contributed by atoms with van der Waals surface area (Å²) in [5, 5.41) is 16.6. The molecule has 1 saturated carbocycles. The number of hydrogen-bond donors (Lipinski definition) is 2. The molecule has 1 atom stereocenters. The molecule has 1 fully saturated rings. The first-order valence-corrected chi connectivity index (χ1v) is 10.1. The van der Waals surface area contributed by atoms with E-state index in [4.69, 9.17) is 28.2 Å². The van der Waals surface area contributed by atoms with Crippen molar-refractivity contribution in [1.29, 1.82) is 0 Å². The van der Waals surface area contributed by atoms with Crippen LogP contribution in [0.4, 0.5) is 0 Å². The Morgan fingerprint density at radius 3 is 2.67 bits per heavy atom. The number of nitrogens with one attached hydrogen (secondary N) is 2. The first-order chi connectivity index (χ1) is 12.9. The van der Waals surface area contributed by atoms with Gasteiger partial charge in [-0.25, -0.2) is 4.99 Å². The molecule has 1 aromatic heterocycles. The van der Waals surface area contributed by atoms with Crippen molar-refractivity contribution in [2.75, 3.05) is 0 Å². The van der Waals surface area contributed by atoms with Gasteiger partial charge in [0.15, 0.2) is 11.8 Å². The Morgan fingerprint density at radius 1 is 1.30 bits per heavy atom. The number of aliphatic imine (C=N–C) groups is 1. The van der Waals surface area contributed by atoms with Crippen molar-refractivity contribution in [2.45, 2.75) is 58.2 Å². The molecular formula is C19H26Cl2N6. The van der Waals surface area contributed by atoms with E-state index >= 15 is 0 Å². The molecule has 0 radical (unpaired) electrons. The fourth-order valence-corrected chi connectivity index (χ4v) is 3.84. The van der Waals surface area contributed by atoms with Crippen molar-refractivity contribution in [3.05, 3.63) is 45.5 Å². The third-order valence-corrected chi connectivity index (χ3v) is 5.60. The van der Waals surface area contributed by atoms with Crippen LogP contribution in [0.2, 0.25) is 10.0 Å². The maximum Gasteiger partial charge on any atom is 0.192 e. The molecule has 0 amide bonds. The summed E-state index contributed by atoms with van der Waals surface area (Å²) in [6, 6.07) is 6.00. The van der Waals surface area contributed by atoms with E-state index in [1.165, 1.54) is 25.7 Å². The quantitative estimate of drug-likeness (QED) is 0.575. The van der Waals surface area contributed by atoms with Crippen molar-refractivity contribution in [1.82, 2.24) is 25.4 Å². The zero-order chi connectivity index (χ0) is 19.4. The van der Waals surface area contributed by atoms with Gasteiger partial charge in [0.05, 0.1) is 6.04 Å². The Hall–Kier alpha value is -1.79. The van der Waals surface area contributed by atoms with Crippen LogP contribution < -0.4 is 10.6 Å². The molecule has 1 aromatic carbocycles. The fourth-order valence-electron chi connectivity index (χ4n) is 3.27. The van der Waals surface area contributed by atoms with E-state index in [0.29, 0.717) is 22.6 Å². The van der Waals surface area contributed by atoms with Crippen molar-refractivity contribution in [3.8, 4) is 0 Å². The van der Waals surface area contributed by atoms with Crippen LogP contribution in [0.5, 0.6) is 0 Å². The van der Waals surface area contributed by atoms with Gasteiger partial charge in [0, 0.05) is 23.1 Å². The summed E-state index contributed by atoms with van der Waals surface area (Å²) in [4.78, 5) is 4.75. The zero-order valence-corrected chi connectivity index (χ0v) is 17.5. The van der Waals surface area contributed by atoms with Crippen molar-refractivity contribution in [2.24, 2.45) is 12.0 Å².